The van der Waals surface area contributed by atoms with Gasteiger partial charge in [0, 0.05) is 18.7 Å². The first-order chi connectivity index (χ1) is 7.89. The Morgan fingerprint density at radius 1 is 1.47 bits per heavy atom. The highest BCUT2D eigenvalue weighted by atomic mass is 16.3. The van der Waals surface area contributed by atoms with E-state index in [9.17, 15) is 9.90 Å². The van der Waals surface area contributed by atoms with Gasteiger partial charge in [-0.05, 0) is 30.0 Å². The molecule has 17 heavy (non-hydrogen) atoms. The van der Waals surface area contributed by atoms with Crippen molar-refractivity contribution in [1.82, 2.24) is 4.90 Å². The van der Waals surface area contributed by atoms with Crippen molar-refractivity contribution in [3.63, 3.8) is 0 Å². The molecule has 0 aliphatic carbocycles. The van der Waals surface area contributed by atoms with Crippen LogP contribution >= 0.6 is 0 Å². The fourth-order valence-corrected chi connectivity index (χ4v) is 2.15. The second kappa shape index (κ2) is 3.95. The maximum atomic E-state index is 12.2. The molecule has 4 heteroatoms. The lowest BCUT2D eigenvalue weighted by Crippen LogP contribution is -2.30. The van der Waals surface area contributed by atoms with Crippen LogP contribution in [0.3, 0.4) is 0 Å². The normalized spacial score (nSPS) is 18.4. The first-order valence-electron chi connectivity index (χ1n) is 5.77. The van der Waals surface area contributed by atoms with Crippen molar-refractivity contribution in [3.8, 4) is 5.75 Å². The second-order valence-corrected chi connectivity index (χ2v) is 5.41. The van der Waals surface area contributed by atoms with Crippen molar-refractivity contribution in [3.05, 3.63) is 23.8 Å². The van der Waals surface area contributed by atoms with Crippen molar-refractivity contribution in [2.45, 2.75) is 20.3 Å². The maximum absolute atomic E-state index is 12.2. The van der Waals surface area contributed by atoms with Crippen molar-refractivity contribution in [1.29, 1.82) is 0 Å². The molecule has 1 saturated heterocycles. The van der Waals surface area contributed by atoms with Crippen molar-refractivity contribution >= 4 is 11.6 Å². The summed E-state index contributed by atoms with van der Waals surface area (Å²) in [4.78, 5) is 14.0. The molecule has 0 spiro atoms. The molecule has 1 aliphatic rings. The van der Waals surface area contributed by atoms with Crippen LogP contribution in [0.5, 0.6) is 5.75 Å². The van der Waals surface area contributed by atoms with Gasteiger partial charge in [0.15, 0.2) is 0 Å². The molecule has 2 rings (SSSR count). The number of aromatic hydroxyl groups is 1. The molecule has 0 atom stereocenters. The highest BCUT2D eigenvalue weighted by Crippen LogP contribution is 2.30. The van der Waals surface area contributed by atoms with E-state index in [0.717, 1.165) is 19.5 Å². The highest BCUT2D eigenvalue weighted by Gasteiger charge is 2.32. The number of anilines is 1. The number of nitrogens with two attached hydrogens (primary N) is 1. The zero-order chi connectivity index (χ0) is 12.6. The van der Waals surface area contributed by atoms with Crippen molar-refractivity contribution in [2.75, 3.05) is 18.8 Å². The molecular formula is C13H18N2O2. The van der Waals surface area contributed by atoms with Crippen LogP contribution < -0.4 is 5.73 Å². The summed E-state index contributed by atoms with van der Waals surface area (Å²) < 4.78 is 0. The average Bonchev–Trinajstić information content (AvgIpc) is 2.62. The van der Waals surface area contributed by atoms with Crippen LogP contribution in [0.15, 0.2) is 18.2 Å². The lowest BCUT2D eigenvalue weighted by Gasteiger charge is -2.20. The largest absolute Gasteiger partial charge is 0.506 e. The summed E-state index contributed by atoms with van der Waals surface area (Å²) in [5, 5.41) is 9.50. The lowest BCUT2D eigenvalue weighted by atomic mass is 9.93. The van der Waals surface area contributed by atoms with E-state index in [0.29, 0.717) is 11.3 Å². The molecule has 0 aromatic heterocycles. The fourth-order valence-electron chi connectivity index (χ4n) is 2.15. The monoisotopic (exact) mass is 234 g/mol. The maximum Gasteiger partial charge on any atom is 0.254 e. The summed E-state index contributed by atoms with van der Waals surface area (Å²) in [5.74, 6) is -0.0693. The fraction of sp³-hybridized carbons (Fsp3) is 0.462. The van der Waals surface area contributed by atoms with Gasteiger partial charge in [0.2, 0.25) is 0 Å². The summed E-state index contributed by atoms with van der Waals surface area (Å²) >= 11 is 0. The smallest absolute Gasteiger partial charge is 0.254 e. The standard InChI is InChI=1S/C13H18N2O2/c1-13(2)5-6-15(8-13)12(17)9-3-4-10(14)11(16)7-9/h3-4,7,16H,5-6,8,14H2,1-2H3. The van der Waals surface area contributed by atoms with E-state index in [1.54, 1.807) is 12.1 Å². The lowest BCUT2D eigenvalue weighted by molar-refractivity contribution is 0.0778. The Morgan fingerprint density at radius 2 is 2.18 bits per heavy atom. The molecular weight excluding hydrogens is 216 g/mol. The summed E-state index contributed by atoms with van der Waals surface area (Å²) in [6, 6.07) is 4.65. The molecule has 1 aliphatic heterocycles. The van der Waals surface area contributed by atoms with Gasteiger partial charge in [-0.3, -0.25) is 4.79 Å². The van der Waals surface area contributed by atoms with E-state index in [-0.39, 0.29) is 17.1 Å². The first-order valence-corrected chi connectivity index (χ1v) is 5.77. The highest BCUT2D eigenvalue weighted by molar-refractivity contribution is 5.95. The number of likely N-dealkylation sites (tertiary alicyclic amines) is 1. The number of hydrogen-bond donors (Lipinski definition) is 2. The molecule has 92 valence electrons. The molecule has 3 N–H and O–H groups in total. The third kappa shape index (κ3) is 2.35. The third-order valence-corrected chi connectivity index (χ3v) is 3.24. The molecule has 1 fully saturated rings. The molecule has 1 aromatic rings. The SMILES string of the molecule is CC1(C)CCN(C(=O)c2ccc(N)c(O)c2)C1. The number of phenolic OH excluding ortho intramolecular Hbond substituents is 1. The molecule has 4 nitrogen and oxygen atoms in total. The van der Waals surface area contributed by atoms with Gasteiger partial charge < -0.3 is 15.7 Å². The molecule has 0 unspecified atom stereocenters. The van der Waals surface area contributed by atoms with E-state index in [2.05, 4.69) is 13.8 Å². The minimum Gasteiger partial charge on any atom is -0.506 e. The molecule has 1 aromatic carbocycles. The van der Waals surface area contributed by atoms with E-state index in [1.165, 1.54) is 6.07 Å². The van der Waals surface area contributed by atoms with Gasteiger partial charge in [-0.2, -0.15) is 0 Å². The molecule has 0 saturated carbocycles. The minimum absolute atomic E-state index is 0.0330. The van der Waals surface area contributed by atoms with E-state index < -0.39 is 0 Å². The van der Waals surface area contributed by atoms with Crippen LogP contribution in [-0.4, -0.2) is 29.0 Å². The van der Waals surface area contributed by atoms with Gasteiger partial charge in [0.25, 0.3) is 5.91 Å². The predicted octanol–water partition coefficient (Wildman–Crippen LogP) is 1.85. The summed E-state index contributed by atoms with van der Waals surface area (Å²) in [6.07, 6.45) is 1.01. The van der Waals surface area contributed by atoms with Gasteiger partial charge in [0.05, 0.1) is 5.69 Å². The molecule has 1 amide bonds. The summed E-state index contributed by atoms with van der Waals surface area (Å²) in [5.41, 5.74) is 6.49. The van der Waals surface area contributed by atoms with Gasteiger partial charge in [0.1, 0.15) is 5.75 Å². The number of phenols is 1. The third-order valence-electron chi connectivity index (χ3n) is 3.24. The van der Waals surface area contributed by atoms with Crippen LogP contribution in [0.2, 0.25) is 0 Å². The second-order valence-electron chi connectivity index (χ2n) is 5.41. The predicted molar refractivity (Wildman–Crippen MR) is 66.8 cm³/mol. The number of rotatable bonds is 1. The van der Waals surface area contributed by atoms with Crippen LogP contribution in [0.25, 0.3) is 0 Å². The molecule has 1 heterocycles. The van der Waals surface area contributed by atoms with Gasteiger partial charge in [-0.25, -0.2) is 0 Å². The number of benzene rings is 1. The van der Waals surface area contributed by atoms with Crippen LogP contribution in [0, 0.1) is 5.41 Å². The van der Waals surface area contributed by atoms with Gasteiger partial charge in [-0.15, -0.1) is 0 Å². The Kier molecular flexibility index (Phi) is 2.73. The van der Waals surface area contributed by atoms with Gasteiger partial charge >= 0.3 is 0 Å². The van der Waals surface area contributed by atoms with Crippen LogP contribution in [-0.2, 0) is 0 Å². The van der Waals surface area contributed by atoms with E-state index >= 15 is 0 Å². The quantitative estimate of drug-likeness (QED) is 0.575. The Hall–Kier alpha value is -1.71. The van der Waals surface area contributed by atoms with Crippen molar-refractivity contribution < 1.29 is 9.90 Å². The summed E-state index contributed by atoms with van der Waals surface area (Å²) in [7, 11) is 0. The minimum atomic E-state index is -0.0362. The van der Waals surface area contributed by atoms with Crippen LogP contribution in [0.4, 0.5) is 5.69 Å². The molecule has 0 radical (unpaired) electrons. The number of nitrogen functional groups attached to an aromatic ring is 1. The Morgan fingerprint density at radius 3 is 2.71 bits per heavy atom. The number of carbonyl (C=O) groups excluding carboxylic acids is 1. The number of nitrogens with zero attached hydrogens (tertiary/aromatic N) is 1. The topological polar surface area (TPSA) is 66.6 Å². The van der Waals surface area contributed by atoms with E-state index in [4.69, 9.17) is 5.73 Å². The first kappa shape index (κ1) is 11.8. The Balaban J connectivity index is 2.18. The number of amides is 1. The Labute approximate surface area is 101 Å². The number of hydrogen-bond acceptors (Lipinski definition) is 3. The van der Waals surface area contributed by atoms with Crippen LogP contribution in [0.1, 0.15) is 30.6 Å². The zero-order valence-electron chi connectivity index (χ0n) is 10.2. The summed E-state index contributed by atoms with van der Waals surface area (Å²) in [6.45, 7) is 5.84. The molecule has 0 bridgehead atoms. The Bertz CT molecular complexity index is 455. The zero-order valence-corrected chi connectivity index (χ0v) is 10.2. The number of carbonyl (C=O) groups is 1. The van der Waals surface area contributed by atoms with Gasteiger partial charge in [-0.1, -0.05) is 13.8 Å². The average molecular weight is 234 g/mol. The van der Waals surface area contributed by atoms with E-state index in [1.807, 2.05) is 4.90 Å². The van der Waals surface area contributed by atoms with Crippen molar-refractivity contribution in [2.24, 2.45) is 5.41 Å².